The van der Waals surface area contributed by atoms with E-state index in [4.69, 9.17) is 4.74 Å². The van der Waals surface area contributed by atoms with Crippen LogP contribution >= 0.6 is 0 Å². The van der Waals surface area contributed by atoms with Crippen LogP contribution in [0.5, 0.6) is 5.75 Å². The summed E-state index contributed by atoms with van der Waals surface area (Å²) in [6.07, 6.45) is 3.75. The second-order valence-electron chi connectivity index (χ2n) is 7.56. The van der Waals surface area contributed by atoms with Crippen molar-refractivity contribution in [2.45, 2.75) is 31.8 Å². The first-order chi connectivity index (χ1) is 14.4. The number of para-hydroxylation sites is 1. The summed E-state index contributed by atoms with van der Waals surface area (Å²) >= 11 is 0. The van der Waals surface area contributed by atoms with Crippen molar-refractivity contribution in [2.24, 2.45) is 5.41 Å². The molecule has 3 unspecified atom stereocenters. The van der Waals surface area contributed by atoms with Crippen molar-refractivity contribution in [2.75, 3.05) is 4.90 Å². The Bertz CT molecular complexity index is 1120. The highest BCUT2D eigenvalue weighted by molar-refractivity contribution is 5.91. The molecule has 6 nitrogen and oxygen atoms in total. The molecule has 2 aliphatic rings. The van der Waals surface area contributed by atoms with Gasteiger partial charge in [-0.05, 0) is 36.2 Å². The van der Waals surface area contributed by atoms with Gasteiger partial charge < -0.3 is 9.64 Å². The maximum absolute atomic E-state index is 12.9. The van der Waals surface area contributed by atoms with Gasteiger partial charge in [-0.15, -0.1) is 0 Å². The second-order valence-corrected chi connectivity index (χ2v) is 7.56. The van der Waals surface area contributed by atoms with Crippen molar-refractivity contribution in [1.82, 2.24) is 0 Å². The average Bonchev–Trinajstić information content (AvgIpc) is 3.05. The van der Waals surface area contributed by atoms with E-state index in [1.54, 1.807) is 24.3 Å². The molecular formula is C24H19N3O3. The van der Waals surface area contributed by atoms with E-state index in [2.05, 4.69) is 12.1 Å². The van der Waals surface area contributed by atoms with Crippen molar-refractivity contribution < 1.29 is 14.3 Å². The number of rotatable bonds is 3. The normalized spacial score (nSPS) is 22.9. The fourth-order valence-electron chi connectivity index (χ4n) is 4.67. The van der Waals surface area contributed by atoms with Crippen LogP contribution in [0.3, 0.4) is 0 Å². The standard InChI is InChI=1S/C24H19N3O3/c1-15(28)23-22(18-7-10-19(11-8-18)30-16(2)29)24(13-25,14-26)21-12-9-17-5-3-4-6-20(17)27(21)23/h3-12,21-23H,1-2H3. The van der Waals surface area contributed by atoms with Gasteiger partial charge >= 0.3 is 5.97 Å². The lowest BCUT2D eigenvalue weighted by atomic mass is 9.69. The molecule has 0 radical (unpaired) electrons. The Balaban J connectivity index is 1.90. The number of hydrogen-bond acceptors (Lipinski definition) is 6. The number of nitrogens with zero attached hydrogens (tertiary/aromatic N) is 3. The van der Waals surface area contributed by atoms with Crippen molar-refractivity contribution in [3.63, 3.8) is 0 Å². The van der Waals surface area contributed by atoms with Gasteiger partial charge in [0.1, 0.15) is 5.75 Å². The van der Waals surface area contributed by atoms with Gasteiger partial charge in [0.25, 0.3) is 0 Å². The molecule has 0 aliphatic carbocycles. The summed E-state index contributed by atoms with van der Waals surface area (Å²) < 4.78 is 5.09. The van der Waals surface area contributed by atoms with Gasteiger partial charge in [0.2, 0.25) is 0 Å². The quantitative estimate of drug-likeness (QED) is 0.580. The molecule has 0 aromatic heterocycles. The monoisotopic (exact) mass is 397 g/mol. The minimum atomic E-state index is -1.46. The zero-order valence-corrected chi connectivity index (χ0v) is 16.6. The van der Waals surface area contributed by atoms with Gasteiger partial charge in [0.15, 0.2) is 11.2 Å². The topological polar surface area (TPSA) is 94.2 Å². The summed E-state index contributed by atoms with van der Waals surface area (Å²) in [5.74, 6) is -0.859. The molecule has 0 bridgehead atoms. The van der Waals surface area contributed by atoms with Crippen LogP contribution in [0.2, 0.25) is 0 Å². The molecule has 1 saturated heterocycles. The molecule has 0 saturated carbocycles. The van der Waals surface area contributed by atoms with Crippen LogP contribution in [0.1, 0.15) is 30.9 Å². The van der Waals surface area contributed by atoms with E-state index in [9.17, 15) is 20.1 Å². The molecule has 30 heavy (non-hydrogen) atoms. The van der Waals surface area contributed by atoms with Gasteiger partial charge in [-0.2, -0.15) is 10.5 Å². The van der Waals surface area contributed by atoms with E-state index in [0.29, 0.717) is 11.3 Å². The van der Waals surface area contributed by atoms with Crippen molar-refractivity contribution in [3.05, 3.63) is 65.7 Å². The highest BCUT2D eigenvalue weighted by Crippen LogP contribution is 2.55. The molecular weight excluding hydrogens is 378 g/mol. The number of ether oxygens (including phenoxy) is 1. The van der Waals surface area contributed by atoms with Crippen LogP contribution in [0, 0.1) is 28.1 Å². The molecule has 148 valence electrons. The predicted molar refractivity (Wildman–Crippen MR) is 110 cm³/mol. The Labute approximate surface area is 174 Å². The fourth-order valence-corrected chi connectivity index (χ4v) is 4.67. The summed E-state index contributed by atoms with van der Waals surface area (Å²) in [7, 11) is 0. The maximum Gasteiger partial charge on any atom is 0.308 e. The van der Waals surface area contributed by atoms with Gasteiger partial charge in [-0.25, -0.2) is 0 Å². The van der Waals surface area contributed by atoms with Gasteiger partial charge in [-0.1, -0.05) is 42.5 Å². The highest BCUT2D eigenvalue weighted by atomic mass is 16.5. The number of fused-ring (bicyclic) bond motifs is 3. The van der Waals surface area contributed by atoms with Gasteiger partial charge in [0.05, 0.1) is 24.2 Å². The zero-order chi connectivity index (χ0) is 21.5. The van der Waals surface area contributed by atoms with Crippen LogP contribution in [-0.4, -0.2) is 23.8 Å². The minimum Gasteiger partial charge on any atom is -0.427 e. The van der Waals surface area contributed by atoms with Crippen molar-refractivity contribution in [3.8, 4) is 17.9 Å². The molecule has 2 aromatic rings. The van der Waals surface area contributed by atoms with E-state index in [1.807, 2.05) is 41.3 Å². The van der Waals surface area contributed by atoms with E-state index in [1.165, 1.54) is 13.8 Å². The Morgan fingerprint density at radius 1 is 1.03 bits per heavy atom. The first-order valence-corrected chi connectivity index (χ1v) is 9.60. The molecule has 3 atom stereocenters. The predicted octanol–water partition coefficient (Wildman–Crippen LogP) is 3.60. The Hall–Kier alpha value is -3.90. The number of anilines is 1. The van der Waals surface area contributed by atoms with Crippen LogP contribution in [0.4, 0.5) is 5.69 Å². The first kappa shape index (κ1) is 19.4. The highest BCUT2D eigenvalue weighted by Gasteiger charge is 2.62. The molecule has 2 aliphatic heterocycles. The maximum atomic E-state index is 12.9. The van der Waals surface area contributed by atoms with Crippen molar-refractivity contribution >= 4 is 23.5 Å². The van der Waals surface area contributed by atoms with Crippen LogP contribution < -0.4 is 9.64 Å². The SMILES string of the molecule is CC(=O)Oc1ccc(C2C(C(C)=O)N3c4ccccc4C=CC3C2(C#N)C#N)cc1. The lowest BCUT2D eigenvalue weighted by Crippen LogP contribution is -2.43. The summed E-state index contributed by atoms with van der Waals surface area (Å²) in [5, 5.41) is 20.4. The summed E-state index contributed by atoms with van der Waals surface area (Å²) in [6.45, 7) is 2.81. The third kappa shape index (κ3) is 2.77. The third-order valence-electron chi connectivity index (χ3n) is 5.83. The van der Waals surface area contributed by atoms with Crippen molar-refractivity contribution in [1.29, 1.82) is 10.5 Å². The van der Waals surface area contributed by atoms with Crippen LogP contribution in [0.25, 0.3) is 6.08 Å². The second kappa shape index (κ2) is 7.17. The average molecular weight is 397 g/mol. The minimum absolute atomic E-state index is 0.119. The van der Waals surface area contributed by atoms with Gasteiger partial charge in [0, 0.05) is 18.5 Å². The van der Waals surface area contributed by atoms with Crippen LogP contribution in [-0.2, 0) is 9.59 Å². The van der Waals surface area contributed by atoms with E-state index >= 15 is 0 Å². The van der Waals surface area contributed by atoms with Crippen LogP contribution in [0.15, 0.2) is 54.6 Å². The van der Waals surface area contributed by atoms with Gasteiger partial charge in [-0.3, -0.25) is 9.59 Å². The molecule has 0 N–H and O–H groups in total. The fraction of sp³-hybridized carbons (Fsp3) is 0.250. The number of nitriles is 2. The molecule has 2 aromatic carbocycles. The molecule has 1 fully saturated rings. The van der Waals surface area contributed by atoms with E-state index in [-0.39, 0.29) is 5.78 Å². The molecule has 0 spiro atoms. The summed E-state index contributed by atoms with van der Waals surface area (Å²) in [6, 6.07) is 17.6. The van der Waals surface area contributed by atoms with E-state index in [0.717, 1.165) is 11.3 Å². The number of carbonyl (C=O) groups excluding carboxylic acids is 2. The molecule has 6 heteroatoms. The number of hydrogen-bond donors (Lipinski definition) is 0. The lowest BCUT2D eigenvalue weighted by molar-refractivity contribution is -0.131. The number of ketones is 1. The Morgan fingerprint density at radius 2 is 1.70 bits per heavy atom. The Morgan fingerprint density at radius 3 is 2.30 bits per heavy atom. The summed E-state index contributed by atoms with van der Waals surface area (Å²) in [4.78, 5) is 26.0. The number of Topliss-reactive ketones (excluding diaryl/α,β-unsaturated/α-hetero) is 1. The molecule has 2 heterocycles. The summed E-state index contributed by atoms with van der Waals surface area (Å²) in [5.41, 5.74) is 0.993. The largest absolute Gasteiger partial charge is 0.427 e. The first-order valence-electron chi connectivity index (χ1n) is 9.60. The number of benzene rings is 2. The third-order valence-corrected chi connectivity index (χ3v) is 5.83. The molecule has 0 amide bonds. The Kier molecular flexibility index (Phi) is 4.64. The molecule has 4 rings (SSSR count). The lowest BCUT2D eigenvalue weighted by Gasteiger charge is -2.35. The number of esters is 1. The zero-order valence-electron chi connectivity index (χ0n) is 16.6. The smallest absolute Gasteiger partial charge is 0.308 e. The van der Waals surface area contributed by atoms with E-state index < -0.39 is 29.4 Å². The number of carbonyl (C=O) groups is 2.